The van der Waals surface area contributed by atoms with E-state index in [0.29, 0.717) is 18.3 Å². The smallest absolute Gasteiger partial charge is 0.354 e. The van der Waals surface area contributed by atoms with Crippen molar-refractivity contribution < 1.29 is 14.3 Å². The Hall–Kier alpha value is -1.37. The molecule has 6 heteroatoms. The summed E-state index contributed by atoms with van der Waals surface area (Å²) in [5, 5.41) is 3.45. The van der Waals surface area contributed by atoms with E-state index in [1.165, 1.54) is 7.11 Å². The summed E-state index contributed by atoms with van der Waals surface area (Å²) in [6, 6.07) is 4.04. The maximum atomic E-state index is 11.3. The first-order valence-electron chi connectivity index (χ1n) is 6.98. The maximum absolute atomic E-state index is 11.3. The van der Waals surface area contributed by atoms with E-state index < -0.39 is 0 Å². The summed E-state index contributed by atoms with van der Waals surface area (Å²) in [5.74, 6) is -0.336. The third-order valence-electron chi connectivity index (χ3n) is 3.43. The van der Waals surface area contributed by atoms with Crippen LogP contribution >= 0.6 is 0 Å². The monoisotopic (exact) mass is 281 g/mol. The van der Waals surface area contributed by atoms with E-state index in [1.54, 1.807) is 6.07 Å². The van der Waals surface area contributed by atoms with E-state index in [-0.39, 0.29) is 5.97 Å². The number of morpholine rings is 1. The van der Waals surface area contributed by atoms with Gasteiger partial charge in [-0.2, -0.15) is 0 Å². The predicted molar refractivity (Wildman–Crippen MR) is 75.7 cm³/mol. The maximum Gasteiger partial charge on any atom is 0.354 e. The highest BCUT2D eigenvalue weighted by atomic mass is 16.5. The molecule has 0 aliphatic carbocycles. The van der Waals surface area contributed by atoms with Gasteiger partial charge in [-0.3, -0.25) is 4.90 Å². The van der Waals surface area contributed by atoms with Crippen molar-refractivity contribution in [3.05, 3.63) is 23.5 Å². The molecule has 1 saturated heterocycles. The Labute approximate surface area is 119 Å². The second-order valence-electron chi connectivity index (χ2n) is 5.08. The summed E-state index contributed by atoms with van der Waals surface area (Å²) in [6.45, 7) is 7.54. The Morgan fingerprint density at radius 3 is 2.95 bits per heavy atom. The molecule has 20 heavy (non-hydrogen) atoms. The standard InChI is InChI=1S/C14H23N3O3/c1-11(10-17-5-7-20-8-6-17)15-9-12-3-4-13(16-12)14(18)19-2/h3-4,11,15-16H,5-10H2,1-2H3. The largest absolute Gasteiger partial charge is 0.464 e. The molecule has 0 bridgehead atoms. The number of carbonyl (C=O) groups excluding carboxylic acids is 1. The fourth-order valence-corrected chi connectivity index (χ4v) is 2.29. The van der Waals surface area contributed by atoms with Crippen LogP contribution in [0.3, 0.4) is 0 Å². The van der Waals surface area contributed by atoms with Crippen molar-refractivity contribution in [1.29, 1.82) is 0 Å². The lowest BCUT2D eigenvalue weighted by molar-refractivity contribution is 0.0343. The zero-order chi connectivity index (χ0) is 14.4. The van der Waals surface area contributed by atoms with E-state index in [1.807, 2.05) is 6.07 Å². The van der Waals surface area contributed by atoms with Crippen LogP contribution in [-0.2, 0) is 16.0 Å². The van der Waals surface area contributed by atoms with Gasteiger partial charge in [0.1, 0.15) is 5.69 Å². The summed E-state index contributed by atoms with van der Waals surface area (Å²) < 4.78 is 10.0. The summed E-state index contributed by atoms with van der Waals surface area (Å²) in [6.07, 6.45) is 0. The number of rotatable bonds is 6. The minimum Gasteiger partial charge on any atom is -0.464 e. The number of nitrogens with one attached hydrogen (secondary N) is 2. The van der Waals surface area contributed by atoms with Gasteiger partial charge in [-0.05, 0) is 19.1 Å². The second-order valence-corrected chi connectivity index (χ2v) is 5.08. The van der Waals surface area contributed by atoms with E-state index >= 15 is 0 Å². The van der Waals surface area contributed by atoms with Gasteiger partial charge in [0.15, 0.2) is 0 Å². The van der Waals surface area contributed by atoms with Gasteiger partial charge < -0.3 is 19.8 Å². The van der Waals surface area contributed by atoms with Crippen LogP contribution in [0, 0.1) is 0 Å². The Morgan fingerprint density at radius 2 is 2.25 bits per heavy atom. The van der Waals surface area contributed by atoms with Gasteiger partial charge in [-0.1, -0.05) is 0 Å². The predicted octanol–water partition coefficient (Wildman–Crippen LogP) is 0.612. The van der Waals surface area contributed by atoms with Gasteiger partial charge >= 0.3 is 5.97 Å². The van der Waals surface area contributed by atoms with Gasteiger partial charge in [0, 0.05) is 37.9 Å². The van der Waals surface area contributed by atoms with Crippen molar-refractivity contribution in [2.45, 2.75) is 19.5 Å². The average molecular weight is 281 g/mol. The summed E-state index contributed by atoms with van der Waals surface area (Å²) in [4.78, 5) is 16.8. The number of nitrogens with zero attached hydrogens (tertiary/aromatic N) is 1. The van der Waals surface area contributed by atoms with Gasteiger partial charge in [-0.25, -0.2) is 4.79 Å². The number of H-pyrrole nitrogens is 1. The lowest BCUT2D eigenvalue weighted by Gasteiger charge is -2.29. The van der Waals surface area contributed by atoms with Crippen LogP contribution in [0.2, 0.25) is 0 Å². The van der Waals surface area contributed by atoms with Crippen LogP contribution in [0.5, 0.6) is 0 Å². The van der Waals surface area contributed by atoms with E-state index in [4.69, 9.17) is 4.74 Å². The first-order chi connectivity index (χ1) is 9.69. The number of aromatic amines is 1. The van der Waals surface area contributed by atoms with Crippen molar-refractivity contribution in [2.24, 2.45) is 0 Å². The Bertz CT molecular complexity index is 427. The number of carbonyl (C=O) groups is 1. The molecular weight excluding hydrogens is 258 g/mol. The lowest BCUT2D eigenvalue weighted by Crippen LogP contribution is -2.44. The number of ether oxygens (including phenoxy) is 2. The molecular formula is C14H23N3O3. The minimum absolute atomic E-state index is 0.336. The number of aromatic nitrogens is 1. The molecule has 2 heterocycles. The van der Waals surface area contributed by atoms with Crippen LogP contribution in [-0.4, -0.2) is 61.9 Å². The van der Waals surface area contributed by atoms with Gasteiger partial charge in [0.05, 0.1) is 20.3 Å². The molecule has 6 nitrogen and oxygen atoms in total. The molecule has 1 unspecified atom stereocenters. The highest BCUT2D eigenvalue weighted by Gasteiger charge is 2.14. The molecule has 1 aliphatic rings. The molecule has 112 valence electrons. The molecule has 1 atom stereocenters. The van der Waals surface area contributed by atoms with E-state index in [9.17, 15) is 4.79 Å². The van der Waals surface area contributed by atoms with Crippen molar-refractivity contribution in [1.82, 2.24) is 15.2 Å². The van der Waals surface area contributed by atoms with Gasteiger partial charge in [0.2, 0.25) is 0 Å². The number of esters is 1. The van der Waals surface area contributed by atoms with Crippen molar-refractivity contribution in [2.75, 3.05) is 40.0 Å². The molecule has 1 aromatic heterocycles. The molecule has 1 aromatic rings. The van der Waals surface area contributed by atoms with Crippen LogP contribution in [0.15, 0.2) is 12.1 Å². The average Bonchev–Trinajstić information content (AvgIpc) is 2.94. The highest BCUT2D eigenvalue weighted by molar-refractivity contribution is 5.87. The molecule has 0 saturated carbocycles. The first-order valence-corrected chi connectivity index (χ1v) is 6.98. The summed E-state index contributed by atoms with van der Waals surface area (Å²) in [7, 11) is 1.38. The molecule has 0 aromatic carbocycles. The van der Waals surface area contributed by atoms with Gasteiger partial charge in [0.25, 0.3) is 0 Å². The Morgan fingerprint density at radius 1 is 1.50 bits per heavy atom. The number of methoxy groups -OCH3 is 1. The second kappa shape index (κ2) is 7.42. The molecule has 2 N–H and O–H groups in total. The number of hydrogen-bond acceptors (Lipinski definition) is 5. The highest BCUT2D eigenvalue weighted by Crippen LogP contribution is 2.04. The SMILES string of the molecule is COC(=O)c1ccc(CNC(C)CN2CCOCC2)[nH]1. The van der Waals surface area contributed by atoms with E-state index in [2.05, 4.69) is 26.9 Å². The summed E-state index contributed by atoms with van der Waals surface area (Å²) >= 11 is 0. The molecule has 1 fully saturated rings. The van der Waals surface area contributed by atoms with E-state index in [0.717, 1.165) is 38.5 Å². The van der Waals surface area contributed by atoms with Crippen LogP contribution in [0.4, 0.5) is 0 Å². The third-order valence-corrected chi connectivity index (χ3v) is 3.43. The normalized spacial score (nSPS) is 17.9. The van der Waals surface area contributed by atoms with Crippen molar-refractivity contribution in [3.8, 4) is 0 Å². The molecule has 2 rings (SSSR count). The topological polar surface area (TPSA) is 66.6 Å². The zero-order valence-electron chi connectivity index (χ0n) is 12.1. The Balaban J connectivity index is 1.73. The quantitative estimate of drug-likeness (QED) is 0.748. The van der Waals surface area contributed by atoms with Crippen LogP contribution in [0.1, 0.15) is 23.1 Å². The molecule has 0 radical (unpaired) electrons. The fraction of sp³-hybridized carbons (Fsp3) is 0.643. The zero-order valence-corrected chi connectivity index (χ0v) is 12.1. The minimum atomic E-state index is -0.336. The van der Waals surface area contributed by atoms with Gasteiger partial charge in [-0.15, -0.1) is 0 Å². The summed E-state index contributed by atoms with van der Waals surface area (Å²) in [5.41, 5.74) is 1.48. The fourth-order valence-electron chi connectivity index (χ4n) is 2.29. The first kappa shape index (κ1) is 15.0. The van der Waals surface area contributed by atoms with Crippen molar-refractivity contribution >= 4 is 5.97 Å². The Kier molecular flexibility index (Phi) is 5.58. The third kappa shape index (κ3) is 4.33. The number of hydrogen-bond donors (Lipinski definition) is 2. The lowest BCUT2D eigenvalue weighted by atomic mass is 10.2. The van der Waals surface area contributed by atoms with Crippen LogP contribution < -0.4 is 5.32 Å². The molecule has 0 amide bonds. The molecule has 1 aliphatic heterocycles. The van der Waals surface area contributed by atoms with Crippen LogP contribution in [0.25, 0.3) is 0 Å². The van der Waals surface area contributed by atoms with Crippen molar-refractivity contribution in [3.63, 3.8) is 0 Å². The molecule has 0 spiro atoms.